The fraction of sp³-hybridized carbons (Fsp3) is 0.625. The number of rotatable bonds is 2. The first kappa shape index (κ1) is 12.6. The summed E-state index contributed by atoms with van der Waals surface area (Å²) in [6.07, 6.45) is 3.84. The van der Waals surface area contributed by atoms with Crippen LogP contribution in [0.4, 0.5) is 0 Å². The summed E-state index contributed by atoms with van der Waals surface area (Å²) in [5.74, 6) is 1.45. The lowest BCUT2D eigenvalue weighted by Crippen LogP contribution is -2.18. The summed E-state index contributed by atoms with van der Waals surface area (Å²) in [6, 6.07) is 7.64. The maximum atomic E-state index is 3.50. The van der Waals surface area contributed by atoms with Gasteiger partial charge in [0, 0.05) is 6.04 Å². The van der Waals surface area contributed by atoms with Crippen molar-refractivity contribution in [1.29, 1.82) is 0 Å². The van der Waals surface area contributed by atoms with E-state index in [4.69, 9.17) is 0 Å². The van der Waals surface area contributed by atoms with Gasteiger partial charge in [-0.15, -0.1) is 0 Å². The standard InChI is InChI=1S/C16H25N/c1-11(2)14-8-7-13-6-5-12(3)9-16(17-4)15(13)10-14/h7-8,10-12,16-17H,5-6,9H2,1-4H3. The summed E-state index contributed by atoms with van der Waals surface area (Å²) in [7, 11) is 2.09. The van der Waals surface area contributed by atoms with Gasteiger partial charge in [0.25, 0.3) is 0 Å². The van der Waals surface area contributed by atoms with E-state index in [1.165, 1.54) is 24.8 Å². The second-order valence-corrected chi connectivity index (χ2v) is 5.83. The van der Waals surface area contributed by atoms with Gasteiger partial charge in [-0.1, -0.05) is 39.0 Å². The van der Waals surface area contributed by atoms with E-state index in [-0.39, 0.29) is 0 Å². The van der Waals surface area contributed by atoms with Crippen molar-refractivity contribution in [3.63, 3.8) is 0 Å². The molecular formula is C16H25N. The fourth-order valence-corrected chi connectivity index (χ4v) is 2.85. The van der Waals surface area contributed by atoms with Crippen LogP contribution in [0.1, 0.15) is 62.3 Å². The van der Waals surface area contributed by atoms with Gasteiger partial charge in [0.05, 0.1) is 0 Å². The number of hydrogen-bond donors (Lipinski definition) is 1. The highest BCUT2D eigenvalue weighted by molar-refractivity contribution is 5.36. The Morgan fingerprint density at radius 1 is 1.29 bits per heavy atom. The van der Waals surface area contributed by atoms with Crippen LogP contribution < -0.4 is 5.32 Å². The number of nitrogens with one attached hydrogen (secondary N) is 1. The molecule has 0 bridgehead atoms. The van der Waals surface area contributed by atoms with Gasteiger partial charge in [0.15, 0.2) is 0 Å². The molecule has 0 aliphatic heterocycles. The van der Waals surface area contributed by atoms with E-state index in [0.29, 0.717) is 12.0 Å². The molecule has 1 aromatic rings. The second kappa shape index (κ2) is 5.22. The summed E-state index contributed by atoms with van der Waals surface area (Å²) in [4.78, 5) is 0. The van der Waals surface area contributed by atoms with Crippen molar-refractivity contribution in [2.24, 2.45) is 5.92 Å². The predicted molar refractivity (Wildman–Crippen MR) is 74.4 cm³/mol. The van der Waals surface area contributed by atoms with Crippen LogP contribution in [-0.2, 0) is 6.42 Å². The van der Waals surface area contributed by atoms with E-state index in [1.807, 2.05) is 0 Å². The van der Waals surface area contributed by atoms with Gasteiger partial charge in [0.1, 0.15) is 0 Å². The number of hydrogen-bond acceptors (Lipinski definition) is 1. The number of fused-ring (bicyclic) bond motifs is 1. The molecule has 0 radical (unpaired) electrons. The smallest absolute Gasteiger partial charge is 0.0322 e. The Labute approximate surface area is 106 Å². The molecule has 0 aromatic heterocycles. The predicted octanol–water partition coefficient (Wildman–Crippen LogP) is 4.04. The van der Waals surface area contributed by atoms with E-state index in [9.17, 15) is 0 Å². The molecule has 17 heavy (non-hydrogen) atoms. The first-order chi connectivity index (χ1) is 8.11. The third-order valence-corrected chi connectivity index (χ3v) is 4.11. The average molecular weight is 231 g/mol. The third kappa shape index (κ3) is 2.71. The first-order valence-electron chi connectivity index (χ1n) is 6.91. The lowest BCUT2D eigenvalue weighted by Gasteiger charge is -2.20. The molecule has 0 amide bonds. The van der Waals surface area contributed by atoms with Gasteiger partial charge in [-0.3, -0.25) is 0 Å². The van der Waals surface area contributed by atoms with E-state index in [2.05, 4.69) is 51.3 Å². The molecule has 1 nitrogen and oxygen atoms in total. The van der Waals surface area contributed by atoms with Crippen LogP contribution in [0.15, 0.2) is 18.2 Å². The summed E-state index contributed by atoms with van der Waals surface area (Å²) in [6.45, 7) is 6.92. The van der Waals surface area contributed by atoms with Crippen LogP contribution in [0.5, 0.6) is 0 Å². The molecular weight excluding hydrogens is 206 g/mol. The van der Waals surface area contributed by atoms with Gasteiger partial charge >= 0.3 is 0 Å². The van der Waals surface area contributed by atoms with Crippen molar-refractivity contribution in [3.8, 4) is 0 Å². The molecule has 0 saturated carbocycles. The topological polar surface area (TPSA) is 12.0 Å². The Balaban J connectivity index is 2.39. The van der Waals surface area contributed by atoms with Crippen molar-refractivity contribution in [2.45, 2.75) is 52.0 Å². The summed E-state index contributed by atoms with van der Waals surface area (Å²) >= 11 is 0. The SMILES string of the molecule is CNC1CC(C)CCc2ccc(C(C)C)cc21. The van der Waals surface area contributed by atoms with Gasteiger partial charge in [-0.25, -0.2) is 0 Å². The third-order valence-electron chi connectivity index (χ3n) is 4.11. The molecule has 2 unspecified atom stereocenters. The number of benzene rings is 1. The molecule has 1 heteroatoms. The summed E-state index contributed by atoms with van der Waals surface area (Å²) < 4.78 is 0. The summed E-state index contributed by atoms with van der Waals surface area (Å²) in [5, 5.41) is 3.50. The van der Waals surface area contributed by atoms with Crippen LogP contribution in [0.3, 0.4) is 0 Å². The highest BCUT2D eigenvalue weighted by atomic mass is 14.9. The number of aryl methyl sites for hydroxylation is 1. The van der Waals surface area contributed by atoms with Gasteiger partial charge in [-0.2, -0.15) is 0 Å². The lowest BCUT2D eigenvalue weighted by atomic mass is 9.92. The van der Waals surface area contributed by atoms with E-state index in [1.54, 1.807) is 11.1 Å². The van der Waals surface area contributed by atoms with Crippen molar-refractivity contribution in [2.75, 3.05) is 7.05 Å². The molecule has 1 aliphatic rings. The maximum Gasteiger partial charge on any atom is 0.0322 e. The van der Waals surface area contributed by atoms with Crippen LogP contribution in [0, 0.1) is 5.92 Å². The highest BCUT2D eigenvalue weighted by Gasteiger charge is 2.21. The molecule has 94 valence electrons. The monoisotopic (exact) mass is 231 g/mol. The molecule has 1 aliphatic carbocycles. The first-order valence-corrected chi connectivity index (χ1v) is 6.91. The largest absolute Gasteiger partial charge is 0.313 e. The second-order valence-electron chi connectivity index (χ2n) is 5.83. The van der Waals surface area contributed by atoms with Crippen LogP contribution in [0.25, 0.3) is 0 Å². The van der Waals surface area contributed by atoms with Gasteiger partial charge in [0.2, 0.25) is 0 Å². The van der Waals surface area contributed by atoms with Crippen molar-refractivity contribution in [3.05, 3.63) is 34.9 Å². The molecule has 1 aromatic carbocycles. The minimum atomic E-state index is 0.543. The van der Waals surface area contributed by atoms with Crippen LogP contribution in [-0.4, -0.2) is 7.05 Å². The molecule has 2 atom stereocenters. The maximum absolute atomic E-state index is 3.50. The summed E-state index contributed by atoms with van der Waals surface area (Å²) in [5.41, 5.74) is 4.57. The quantitative estimate of drug-likeness (QED) is 0.757. The van der Waals surface area contributed by atoms with Crippen molar-refractivity contribution in [1.82, 2.24) is 5.32 Å². The van der Waals surface area contributed by atoms with Gasteiger partial charge < -0.3 is 5.32 Å². The zero-order valence-corrected chi connectivity index (χ0v) is 11.6. The highest BCUT2D eigenvalue weighted by Crippen LogP contribution is 2.33. The Morgan fingerprint density at radius 2 is 2.06 bits per heavy atom. The zero-order chi connectivity index (χ0) is 12.4. The molecule has 0 heterocycles. The zero-order valence-electron chi connectivity index (χ0n) is 11.6. The van der Waals surface area contributed by atoms with Gasteiger partial charge in [-0.05, 0) is 54.8 Å². The molecule has 0 fully saturated rings. The minimum absolute atomic E-state index is 0.543. The van der Waals surface area contributed by atoms with Crippen molar-refractivity contribution < 1.29 is 0 Å². The molecule has 0 saturated heterocycles. The normalized spacial score (nSPS) is 24.5. The molecule has 1 N–H and O–H groups in total. The molecule has 2 rings (SSSR count). The van der Waals surface area contributed by atoms with E-state index < -0.39 is 0 Å². The minimum Gasteiger partial charge on any atom is -0.313 e. The Hall–Kier alpha value is -0.820. The lowest BCUT2D eigenvalue weighted by molar-refractivity contribution is 0.428. The van der Waals surface area contributed by atoms with Crippen LogP contribution >= 0.6 is 0 Å². The Bertz CT molecular complexity index is 381. The Morgan fingerprint density at radius 3 is 2.71 bits per heavy atom. The Kier molecular flexibility index (Phi) is 3.88. The van der Waals surface area contributed by atoms with Crippen molar-refractivity contribution >= 4 is 0 Å². The van der Waals surface area contributed by atoms with Crippen LogP contribution in [0.2, 0.25) is 0 Å². The molecule has 0 spiro atoms. The fourth-order valence-electron chi connectivity index (χ4n) is 2.85. The van der Waals surface area contributed by atoms with E-state index in [0.717, 1.165) is 5.92 Å². The average Bonchev–Trinajstić information content (AvgIpc) is 2.48. The van der Waals surface area contributed by atoms with E-state index >= 15 is 0 Å².